The van der Waals surface area contributed by atoms with E-state index in [1.165, 1.54) is 30.5 Å². The SMILES string of the molecule is CC(C)C[C@H](NC(=O)CNC(=O)[C@H](Cc1ccccc1)NC(=O)[C@H](CO)NC(=O)[C@H](CC(N)=O)NC(=O)[C@H](Cc1c[nH]c2ccccc12)NC(=O)[C@H](CC(N)=O)NC(=O)[C@H](Cc1ccc(O)cc1)NC(=O)[C@H](CC(N)=O)NC(=O)[C@@H]1CCCN1C(=O)[C@H](CC(C)C)NC(=O)[C@H](CC(=O)O)NC(=O)CCCC[C@@H]1SC[C@@H]2NC(=O)N[C@@H]21)C(=O)N[C@@H](CCCNC(=N)N)C(=O)N[C@@H](Cc1ccccc1)C(N)=O. The number of amides is 20. The number of aromatic amines is 1. The molecule has 4 aromatic carbocycles. The summed E-state index contributed by atoms with van der Waals surface area (Å²) >= 11 is 1.69. The number of aliphatic hydroxyl groups excluding tert-OH is 1. The highest BCUT2D eigenvalue weighted by Gasteiger charge is 2.45. The van der Waals surface area contributed by atoms with Crippen LogP contribution in [-0.2, 0) is 117 Å². The van der Waals surface area contributed by atoms with Crippen molar-refractivity contribution in [2.75, 3.05) is 32.0 Å². The Balaban J connectivity index is 0.955. The number of unbranched alkanes of at least 4 members (excludes halogenated alkanes) is 1. The first-order chi connectivity index (χ1) is 66.5. The first-order valence-electron chi connectivity index (χ1n) is 45.9. The molecule has 0 radical (unpaired) electrons. The second kappa shape index (κ2) is 54.2. The minimum atomic E-state index is -2.08. The van der Waals surface area contributed by atoms with Crippen molar-refractivity contribution in [1.29, 1.82) is 5.41 Å². The summed E-state index contributed by atoms with van der Waals surface area (Å²) in [5.41, 5.74) is 30.4. The second-order valence-corrected chi connectivity index (χ2v) is 36.6. The van der Waals surface area contributed by atoms with Gasteiger partial charge in [0.2, 0.25) is 106 Å². The molecule has 3 saturated heterocycles. The molecule has 0 bridgehead atoms. The Morgan fingerprint density at radius 3 is 1.49 bits per heavy atom. The van der Waals surface area contributed by atoms with E-state index >= 15 is 4.79 Å². The number of rotatable bonds is 57. The Labute approximate surface area is 809 Å². The maximum Gasteiger partial charge on any atom is 0.315 e. The first kappa shape index (κ1) is 110. The number of likely N-dealkylation sites (tertiary alicyclic amines) is 1. The van der Waals surface area contributed by atoms with Crippen LogP contribution in [0.4, 0.5) is 4.79 Å². The highest BCUT2D eigenvalue weighted by Crippen LogP contribution is 2.34. The highest BCUT2D eigenvalue weighted by atomic mass is 32.2. The number of nitrogens with zero attached hydrogens (tertiary/aromatic N) is 1. The number of thioether (sulfide) groups is 1. The number of benzene rings is 4. The van der Waals surface area contributed by atoms with Crippen LogP contribution >= 0.6 is 11.8 Å². The van der Waals surface area contributed by atoms with Gasteiger partial charge in [-0.15, -0.1) is 0 Å². The zero-order valence-electron chi connectivity index (χ0n) is 77.9. The fraction of sp³-hybridized carbons (Fsp3) is 0.489. The maximum atomic E-state index is 15.0. The summed E-state index contributed by atoms with van der Waals surface area (Å²) in [7, 11) is 0. The number of para-hydroxylation sites is 1. The third-order valence-corrected chi connectivity index (χ3v) is 24.7. The highest BCUT2D eigenvalue weighted by molar-refractivity contribution is 8.00. The fourth-order valence-electron chi connectivity index (χ4n) is 16.2. The molecule has 0 spiro atoms. The van der Waals surface area contributed by atoms with E-state index in [1.54, 1.807) is 124 Å². The summed E-state index contributed by atoms with van der Waals surface area (Å²) in [5, 5.41) is 79.4. The lowest BCUT2D eigenvalue weighted by atomic mass is 10.0. The van der Waals surface area contributed by atoms with Crippen molar-refractivity contribution < 1.29 is 111 Å². The molecule has 8 rings (SSSR count). The van der Waals surface area contributed by atoms with Gasteiger partial charge in [0, 0.05) is 73.3 Å². The Kier molecular flexibility index (Phi) is 42.7. The van der Waals surface area contributed by atoms with Crippen LogP contribution in [-0.4, -0.2) is 277 Å². The number of phenols is 1. The number of carboxylic acids is 1. The van der Waals surface area contributed by atoms with Gasteiger partial charge in [-0.25, -0.2) is 4.79 Å². The van der Waals surface area contributed by atoms with Gasteiger partial charge in [0.15, 0.2) is 5.96 Å². The normalized spacial score (nSPS) is 17.2. The summed E-state index contributed by atoms with van der Waals surface area (Å²) in [6.07, 6.45) is -2.06. The maximum absolute atomic E-state index is 15.0. The molecule has 3 aliphatic heterocycles. The molecule has 31 N–H and O–H groups in total. The van der Waals surface area contributed by atoms with Crippen LogP contribution < -0.4 is 114 Å². The van der Waals surface area contributed by atoms with Gasteiger partial charge >= 0.3 is 12.0 Å². The smallest absolute Gasteiger partial charge is 0.315 e. The number of aromatic nitrogens is 1. The zero-order chi connectivity index (χ0) is 103. The van der Waals surface area contributed by atoms with E-state index < -0.39 is 243 Å². The molecule has 0 saturated carbocycles. The van der Waals surface area contributed by atoms with Gasteiger partial charge < -0.3 is 139 Å². The molecule has 48 heteroatoms. The van der Waals surface area contributed by atoms with Gasteiger partial charge in [-0.3, -0.25) is 96.5 Å². The summed E-state index contributed by atoms with van der Waals surface area (Å²) in [6.45, 7) is 4.87. The summed E-state index contributed by atoms with van der Waals surface area (Å²) in [5.74, 6) is -21.3. The van der Waals surface area contributed by atoms with E-state index in [0.29, 0.717) is 46.9 Å². The number of hydrogen-bond acceptors (Lipinski definition) is 24. The minimum Gasteiger partial charge on any atom is -0.508 e. The number of fused-ring (bicyclic) bond motifs is 2. The number of nitrogens with one attached hydrogen (secondary N) is 18. The number of carboxylic acid groups (broad SMARTS) is 1. The predicted molar refractivity (Wildman–Crippen MR) is 507 cm³/mol. The Morgan fingerprint density at radius 2 is 0.936 bits per heavy atom. The molecule has 20 amide bonds. The fourth-order valence-corrected chi connectivity index (χ4v) is 17.8. The van der Waals surface area contributed by atoms with Crippen LogP contribution in [0.2, 0.25) is 0 Å². The number of carbonyl (C=O) groups is 20. The molecule has 4 heterocycles. The molecule has 16 atom stereocenters. The number of primary amides is 4. The molecule has 140 heavy (non-hydrogen) atoms. The van der Waals surface area contributed by atoms with Crippen LogP contribution in [0.25, 0.3) is 10.9 Å². The van der Waals surface area contributed by atoms with Crippen molar-refractivity contribution in [2.24, 2.45) is 40.5 Å². The van der Waals surface area contributed by atoms with Crippen LogP contribution in [0.3, 0.4) is 0 Å². The lowest BCUT2D eigenvalue weighted by Gasteiger charge is -2.31. The lowest BCUT2D eigenvalue weighted by molar-refractivity contribution is -0.144. The first-order valence-corrected chi connectivity index (χ1v) is 46.9. The van der Waals surface area contributed by atoms with Crippen molar-refractivity contribution in [3.63, 3.8) is 0 Å². The van der Waals surface area contributed by atoms with Crippen molar-refractivity contribution in [3.8, 4) is 5.75 Å². The molecule has 3 aliphatic rings. The molecule has 1 aromatic heterocycles. The number of hydrogen-bond donors (Lipinski definition) is 26. The average molecular weight is 1970 g/mol. The number of aliphatic carboxylic acids is 1. The summed E-state index contributed by atoms with van der Waals surface area (Å²) < 4.78 is 0. The lowest BCUT2D eigenvalue weighted by Crippen LogP contribution is -2.62. The Bertz CT molecular complexity index is 5270. The van der Waals surface area contributed by atoms with E-state index in [4.69, 9.17) is 34.1 Å². The van der Waals surface area contributed by atoms with E-state index in [2.05, 4.69) is 90.1 Å². The van der Waals surface area contributed by atoms with Crippen molar-refractivity contribution in [2.45, 2.75) is 239 Å². The third-order valence-electron chi connectivity index (χ3n) is 23.2. The predicted octanol–water partition coefficient (Wildman–Crippen LogP) is -5.27. The largest absolute Gasteiger partial charge is 0.508 e. The Hall–Kier alpha value is -15.0. The topological polar surface area (TPSA) is 768 Å². The minimum absolute atomic E-state index is 0.00644. The van der Waals surface area contributed by atoms with E-state index in [9.17, 15) is 106 Å². The number of nitrogens with two attached hydrogens (primary N) is 5. The summed E-state index contributed by atoms with van der Waals surface area (Å²) in [6, 6.07) is 6.22. The molecular formula is C92H126N24O23S. The van der Waals surface area contributed by atoms with Crippen molar-refractivity contribution in [1.82, 2.24) is 95.0 Å². The molecule has 3 fully saturated rings. The Morgan fingerprint density at radius 1 is 0.479 bits per heavy atom. The van der Waals surface area contributed by atoms with Crippen LogP contribution in [0.15, 0.2) is 115 Å². The molecular weight excluding hydrogens is 1840 g/mol. The number of H-pyrrole nitrogens is 1. The van der Waals surface area contributed by atoms with E-state index in [0.717, 1.165) is 10.7 Å². The molecule has 0 unspecified atom stereocenters. The molecule has 0 aliphatic carbocycles. The monoisotopic (exact) mass is 1970 g/mol. The van der Waals surface area contributed by atoms with E-state index in [-0.39, 0.29) is 123 Å². The third kappa shape index (κ3) is 35.5. The van der Waals surface area contributed by atoms with Gasteiger partial charge in [-0.1, -0.05) is 125 Å². The van der Waals surface area contributed by atoms with E-state index in [1.807, 2.05) is 0 Å². The number of aliphatic hydroxyl groups is 1. The number of guanidine groups is 1. The molecule has 758 valence electrons. The number of urea groups is 1. The average Bonchev–Trinajstić information content (AvgIpc) is 1.66. The van der Waals surface area contributed by atoms with Crippen LogP contribution in [0.1, 0.15) is 140 Å². The number of carbonyl (C=O) groups excluding carboxylic acids is 19. The summed E-state index contributed by atoms with van der Waals surface area (Å²) in [4.78, 5) is 281. The van der Waals surface area contributed by atoms with Crippen molar-refractivity contribution >= 4 is 147 Å². The zero-order valence-corrected chi connectivity index (χ0v) is 78.7. The van der Waals surface area contributed by atoms with Crippen molar-refractivity contribution in [3.05, 3.63) is 138 Å². The molecule has 47 nitrogen and oxygen atoms in total. The van der Waals surface area contributed by atoms with Crippen LogP contribution in [0, 0.1) is 17.2 Å². The van der Waals surface area contributed by atoms with Gasteiger partial charge in [-0.2, -0.15) is 11.8 Å². The van der Waals surface area contributed by atoms with Gasteiger partial charge in [0.25, 0.3) is 0 Å². The van der Waals surface area contributed by atoms with Gasteiger partial charge in [0.1, 0.15) is 84.3 Å². The second-order valence-electron chi connectivity index (χ2n) is 35.4. The van der Waals surface area contributed by atoms with Crippen LogP contribution in [0.5, 0.6) is 5.75 Å². The number of aromatic hydroxyl groups is 1. The van der Waals surface area contributed by atoms with Gasteiger partial charge in [0.05, 0.1) is 50.9 Å². The van der Waals surface area contributed by atoms with Gasteiger partial charge in [-0.05, 0) is 104 Å². The number of phenolic OH excluding ortho intramolecular Hbond substituents is 1. The quantitative estimate of drug-likeness (QED) is 0.00748. The molecule has 5 aromatic rings. The standard InChI is InChI=1S/C92H126N24O23S/c1-47(2)33-58(81(129)104-56(23-15-31-99-91(97)98)80(128)105-57(78(96)126)35-49-17-7-5-8-18-49)103-75(123)44-101-79(127)59(36-50-19-9-6-10-20-50)106-88(136)67(45-117)113-86(134)63(40-72(94)120)110-83(131)61(38-52-43-100-55-22-12-11-21-54(52)55)108-84(132)62(39-71(93)119)109-82(130)60(37-51-27-29-53(118)30-28-51)107-85(133)64(41-73(95)121)111-89(137)69-24-16-32-116(69)90(138)66(34-48(3)4)112-87(135)65(42-76(124)125)102-74(122)26-14-13-25-70-77-68(46-140-70)114-92(139)115-77/h5-12,17-22,27-30,43,47-48,56-70,77,100,117-118H,13-16,23-26,31-42,44-46H2,1-4H3,(H2,93,119)(H2,94,120)(H2,95,121)(H2,96,126)(H,101,127)(H,102,122)(H,103,123)(H,104,129)(H,105,128)(H,106,136)(H,107,133)(H,108,132)(H,109,130)(H,110,131)(H,111,137)(H,112,135)(H,113,134)(H,124,125)(H4,97,98,99)(H2,114,115,139)/t56-,57-,58-,59-,60-,61-,62-,63-,64-,65-,66-,67-,68-,69-,70-,77-/m0/s1.